The lowest BCUT2D eigenvalue weighted by Gasteiger charge is -2.58. The Hall–Kier alpha value is -1.52. The average molecular weight is 544 g/mol. The first-order chi connectivity index (χ1) is 18.6. The Kier molecular flexibility index (Phi) is 10.1. The highest BCUT2D eigenvalue weighted by atomic mass is 16.7. The van der Waals surface area contributed by atoms with E-state index in [0.29, 0.717) is 10.8 Å². The molecule has 0 N–H and O–H groups in total. The summed E-state index contributed by atoms with van der Waals surface area (Å²) in [6, 6.07) is 0. The van der Waals surface area contributed by atoms with Gasteiger partial charge in [0.25, 0.3) is 0 Å². The predicted molar refractivity (Wildman–Crippen MR) is 159 cm³/mol. The third-order valence-corrected chi connectivity index (χ3v) is 11.6. The first kappa shape index (κ1) is 30.4. The van der Waals surface area contributed by atoms with Crippen molar-refractivity contribution >= 4 is 12.1 Å². The van der Waals surface area contributed by atoms with E-state index in [1.165, 1.54) is 58.5 Å². The van der Waals surface area contributed by atoms with Crippen LogP contribution in [0.4, 0.5) is 4.79 Å². The minimum atomic E-state index is -0.527. The van der Waals surface area contributed by atoms with Crippen molar-refractivity contribution < 1.29 is 19.0 Å². The molecule has 4 aliphatic carbocycles. The van der Waals surface area contributed by atoms with Crippen molar-refractivity contribution in [1.82, 2.24) is 0 Å². The number of methoxy groups -OCH3 is 1. The molecule has 0 radical (unpaired) electrons. The molecule has 0 aromatic rings. The van der Waals surface area contributed by atoms with Gasteiger partial charge in [0, 0.05) is 12.8 Å². The molecular formula is C34H57NO4. The first-order valence-corrected chi connectivity index (χ1v) is 16.2. The van der Waals surface area contributed by atoms with Gasteiger partial charge in [0.05, 0.1) is 13.7 Å². The van der Waals surface area contributed by atoms with Gasteiger partial charge in [-0.1, -0.05) is 72.5 Å². The lowest BCUT2D eigenvalue weighted by atomic mass is 9.47. The van der Waals surface area contributed by atoms with Gasteiger partial charge in [-0.05, 0) is 91.3 Å². The second-order valence-corrected chi connectivity index (χ2v) is 14.2. The van der Waals surface area contributed by atoms with Crippen molar-refractivity contribution in [1.29, 1.82) is 0 Å². The van der Waals surface area contributed by atoms with Gasteiger partial charge in [0.2, 0.25) is 0 Å². The number of carbonyl (C=O) groups is 1. The Bertz CT molecular complexity index is 896. The maximum absolute atomic E-state index is 11.6. The second-order valence-electron chi connectivity index (χ2n) is 14.2. The quantitative estimate of drug-likeness (QED) is 0.237. The molecule has 0 aromatic carbocycles. The van der Waals surface area contributed by atoms with Crippen molar-refractivity contribution in [2.75, 3.05) is 20.3 Å². The molecule has 0 amide bonds. The molecule has 5 heteroatoms. The molecular weight excluding hydrogens is 486 g/mol. The normalized spacial score (nSPS) is 37.7. The zero-order valence-electron chi connectivity index (χ0n) is 26.1. The van der Waals surface area contributed by atoms with Crippen molar-refractivity contribution in [3.8, 4) is 0 Å². The highest BCUT2D eigenvalue weighted by molar-refractivity contribution is 5.76. The Morgan fingerprint density at radius 3 is 2.54 bits per heavy atom. The van der Waals surface area contributed by atoms with Crippen LogP contribution in [0.1, 0.15) is 119 Å². The minimum Gasteiger partial charge on any atom is -0.479 e. The van der Waals surface area contributed by atoms with Crippen LogP contribution in [0.15, 0.2) is 16.6 Å². The fraction of sp³-hybridized carbons (Fsp3) is 0.882. The Morgan fingerprint density at radius 1 is 1.10 bits per heavy atom. The monoisotopic (exact) mass is 543 g/mol. The van der Waals surface area contributed by atoms with Crippen molar-refractivity contribution in [2.24, 2.45) is 51.3 Å². The summed E-state index contributed by atoms with van der Waals surface area (Å²) < 4.78 is 15.3. The summed E-state index contributed by atoms with van der Waals surface area (Å²) in [5.41, 5.74) is 2.42. The molecule has 3 fully saturated rings. The van der Waals surface area contributed by atoms with Crippen LogP contribution in [0.2, 0.25) is 0 Å². The van der Waals surface area contributed by atoms with E-state index < -0.39 is 6.16 Å². The van der Waals surface area contributed by atoms with Gasteiger partial charge in [0.15, 0.2) is 5.90 Å². The van der Waals surface area contributed by atoms with Crippen LogP contribution in [0.5, 0.6) is 0 Å². The van der Waals surface area contributed by atoms with Gasteiger partial charge in [-0.2, -0.15) is 0 Å². The van der Waals surface area contributed by atoms with E-state index in [1.807, 2.05) is 6.92 Å². The van der Waals surface area contributed by atoms with E-state index in [2.05, 4.69) is 45.7 Å². The third-order valence-electron chi connectivity index (χ3n) is 11.6. The van der Waals surface area contributed by atoms with E-state index >= 15 is 0 Å². The fourth-order valence-electron chi connectivity index (χ4n) is 9.53. The number of fused-ring (bicyclic) bond motifs is 5. The second kappa shape index (κ2) is 13.0. The molecule has 5 rings (SSSR count). The zero-order chi connectivity index (χ0) is 28.2. The summed E-state index contributed by atoms with van der Waals surface area (Å²) in [7, 11) is 1.40. The largest absolute Gasteiger partial charge is 0.508 e. The summed E-state index contributed by atoms with van der Waals surface area (Å²) in [6.45, 7) is 16.2. The van der Waals surface area contributed by atoms with Gasteiger partial charge < -0.3 is 14.2 Å². The molecule has 222 valence electrons. The van der Waals surface area contributed by atoms with Crippen LogP contribution < -0.4 is 0 Å². The predicted octanol–water partition coefficient (Wildman–Crippen LogP) is 9.00. The van der Waals surface area contributed by atoms with E-state index in [0.717, 1.165) is 80.2 Å². The molecule has 8 atom stereocenters. The molecule has 0 spiro atoms. The molecule has 1 unspecified atom stereocenters. The van der Waals surface area contributed by atoms with Crippen LogP contribution in [0, 0.1) is 46.3 Å². The highest BCUT2D eigenvalue weighted by Gasteiger charge is 2.59. The molecule has 5 nitrogen and oxygen atoms in total. The standard InChI is InChI=1S/C29H48O3.C5H9NO/c1-19(2)8-7-9-20(3)24-12-13-25-23-11-10-21-18-22(32-27(30)31-6)14-16-28(21,4)26(23)15-17-29(24,25)5;1-2-5-6-3-4-7-5/h10,19-20,22-26H,7-9,11-18H2,1-6H3;2-4H2,1H3/t20?,22-,23-,24+,25-,26-,28-,29+;/m0./s1. The van der Waals surface area contributed by atoms with Crippen molar-refractivity contribution in [2.45, 2.75) is 125 Å². The van der Waals surface area contributed by atoms with Gasteiger partial charge in [-0.25, -0.2) is 4.79 Å². The topological polar surface area (TPSA) is 57.1 Å². The number of nitrogens with zero attached hydrogens (tertiary/aromatic N) is 1. The van der Waals surface area contributed by atoms with Crippen molar-refractivity contribution in [3.63, 3.8) is 0 Å². The minimum absolute atomic E-state index is 0.00488. The van der Waals surface area contributed by atoms with Crippen LogP contribution in [0.3, 0.4) is 0 Å². The smallest absolute Gasteiger partial charge is 0.479 e. The molecule has 0 aromatic heterocycles. The fourth-order valence-corrected chi connectivity index (χ4v) is 9.53. The van der Waals surface area contributed by atoms with Gasteiger partial charge in [0.1, 0.15) is 12.7 Å². The number of aliphatic imine (C=N–C) groups is 1. The summed E-state index contributed by atoms with van der Waals surface area (Å²) >= 11 is 0. The first-order valence-electron chi connectivity index (χ1n) is 16.2. The molecule has 1 heterocycles. The Balaban J connectivity index is 0.000000438. The maximum atomic E-state index is 11.6. The molecule has 0 bridgehead atoms. The third kappa shape index (κ3) is 6.53. The summed E-state index contributed by atoms with van der Waals surface area (Å²) in [5.74, 6) is 6.11. The summed E-state index contributed by atoms with van der Waals surface area (Å²) in [6.07, 6.45) is 17.2. The summed E-state index contributed by atoms with van der Waals surface area (Å²) in [5, 5.41) is 0. The number of allylic oxidation sites excluding steroid dienone is 1. The van der Waals surface area contributed by atoms with Crippen LogP contribution in [0.25, 0.3) is 0 Å². The number of hydrogen-bond acceptors (Lipinski definition) is 5. The van der Waals surface area contributed by atoms with Crippen LogP contribution in [-0.4, -0.2) is 38.4 Å². The zero-order valence-corrected chi connectivity index (χ0v) is 26.1. The lowest BCUT2D eigenvalue weighted by molar-refractivity contribution is -0.0608. The molecule has 3 saturated carbocycles. The van der Waals surface area contributed by atoms with E-state index in [4.69, 9.17) is 14.2 Å². The van der Waals surface area contributed by atoms with E-state index in [-0.39, 0.29) is 6.10 Å². The van der Waals surface area contributed by atoms with Crippen LogP contribution in [-0.2, 0) is 14.2 Å². The van der Waals surface area contributed by atoms with Crippen LogP contribution >= 0.6 is 0 Å². The SMILES string of the molecule is CCC1=NCCO1.COC(=O)O[C@H]1CC[C@@]2(C)C(=CC[C@H]3[C@@H]4CC[C@H](C(C)CCCC(C)C)[C@@]4(C)CC[C@@H]32)C1. The molecule has 39 heavy (non-hydrogen) atoms. The van der Waals surface area contributed by atoms with Gasteiger partial charge in [-0.3, -0.25) is 4.99 Å². The summed E-state index contributed by atoms with van der Waals surface area (Å²) in [4.78, 5) is 15.7. The molecule has 1 aliphatic heterocycles. The van der Waals surface area contributed by atoms with Gasteiger partial charge >= 0.3 is 6.16 Å². The molecule has 0 saturated heterocycles. The van der Waals surface area contributed by atoms with Crippen molar-refractivity contribution in [3.05, 3.63) is 11.6 Å². The van der Waals surface area contributed by atoms with E-state index in [1.54, 1.807) is 5.57 Å². The highest BCUT2D eigenvalue weighted by Crippen LogP contribution is 2.67. The maximum Gasteiger partial charge on any atom is 0.508 e. The number of rotatable bonds is 7. The average Bonchev–Trinajstić information content (AvgIpc) is 3.56. The Morgan fingerprint density at radius 2 is 1.90 bits per heavy atom. The number of hydrogen-bond donors (Lipinski definition) is 0. The Labute approximate surface area is 238 Å². The molecule has 5 aliphatic rings. The van der Waals surface area contributed by atoms with E-state index in [9.17, 15) is 4.79 Å². The number of carbonyl (C=O) groups excluding carboxylic acids is 1. The number of ether oxygens (including phenoxy) is 3. The lowest BCUT2D eigenvalue weighted by Crippen LogP contribution is -2.51. The van der Waals surface area contributed by atoms with Gasteiger partial charge in [-0.15, -0.1) is 0 Å².